The van der Waals surface area contributed by atoms with Crippen LogP contribution in [0.15, 0.2) is 0 Å². The Morgan fingerprint density at radius 3 is 2.67 bits per heavy atom. The SMILES string of the molecule is COCC(C)(NC(=O)C1CC2CCC1O2)C(=O)O. The van der Waals surface area contributed by atoms with Crippen LogP contribution in [0.3, 0.4) is 0 Å². The number of amides is 1. The Bertz CT molecular complexity index is 358. The third kappa shape index (κ3) is 2.35. The van der Waals surface area contributed by atoms with E-state index in [1.165, 1.54) is 14.0 Å². The van der Waals surface area contributed by atoms with Crippen molar-refractivity contribution in [3.63, 3.8) is 0 Å². The molecule has 0 spiro atoms. The van der Waals surface area contributed by atoms with Gasteiger partial charge in [0.2, 0.25) is 5.91 Å². The van der Waals surface area contributed by atoms with Gasteiger partial charge in [-0.15, -0.1) is 0 Å². The molecule has 6 nitrogen and oxygen atoms in total. The molecule has 0 aromatic rings. The molecule has 2 rings (SSSR count). The first kappa shape index (κ1) is 13.3. The third-order valence-electron chi connectivity index (χ3n) is 3.75. The average Bonchev–Trinajstić information content (AvgIpc) is 2.90. The minimum absolute atomic E-state index is 0.0458. The van der Waals surface area contributed by atoms with Crippen LogP contribution in [0, 0.1) is 5.92 Å². The van der Waals surface area contributed by atoms with Crippen LogP contribution < -0.4 is 5.32 Å². The molecule has 4 unspecified atom stereocenters. The summed E-state index contributed by atoms with van der Waals surface area (Å²) in [5.74, 6) is -1.56. The number of rotatable bonds is 5. The highest BCUT2D eigenvalue weighted by Gasteiger charge is 2.46. The number of aliphatic carboxylic acids is 1. The van der Waals surface area contributed by atoms with Gasteiger partial charge in [0.1, 0.15) is 0 Å². The van der Waals surface area contributed by atoms with Crippen molar-refractivity contribution in [3.05, 3.63) is 0 Å². The van der Waals surface area contributed by atoms with E-state index in [4.69, 9.17) is 14.6 Å². The molecule has 2 N–H and O–H groups in total. The van der Waals surface area contributed by atoms with Crippen LogP contribution in [0.2, 0.25) is 0 Å². The summed E-state index contributed by atoms with van der Waals surface area (Å²) < 4.78 is 10.5. The molecule has 1 amide bonds. The van der Waals surface area contributed by atoms with Crippen molar-refractivity contribution in [1.82, 2.24) is 5.32 Å². The largest absolute Gasteiger partial charge is 0.479 e. The summed E-state index contributed by atoms with van der Waals surface area (Å²) in [5, 5.41) is 11.7. The third-order valence-corrected chi connectivity index (χ3v) is 3.75. The molecule has 2 aliphatic heterocycles. The molecule has 6 heteroatoms. The number of hydrogen-bond acceptors (Lipinski definition) is 4. The molecule has 4 atom stereocenters. The fourth-order valence-electron chi connectivity index (χ4n) is 2.72. The molecule has 2 heterocycles. The van der Waals surface area contributed by atoms with E-state index in [1.54, 1.807) is 0 Å². The van der Waals surface area contributed by atoms with E-state index in [0.29, 0.717) is 6.42 Å². The Morgan fingerprint density at radius 2 is 2.22 bits per heavy atom. The Labute approximate surface area is 106 Å². The number of ether oxygens (including phenoxy) is 2. The zero-order valence-corrected chi connectivity index (χ0v) is 10.6. The lowest BCUT2D eigenvalue weighted by Crippen LogP contribution is -2.57. The Balaban J connectivity index is 1.99. The van der Waals surface area contributed by atoms with Gasteiger partial charge in [0.05, 0.1) is 24.7 Å². The van der Waals surface area contributed by atoms with Gasteiger partial charge in [0, 0.05) is 7.11 Å². The maximum atomic E-state index is 12.1. The zero-order valence-electron chi connectivity index (χ0n) is 10.6. The predicted octanol–water partition coefficient (Wildman–Crippen LogP) is 0.160. The Hall–Kier alpha value is -1.14. The Morgan fingerprint density at radius 1 is 1.50 bits per heavy atom. The molecule has 2 aliphatic rings. The van der Waals surface area contributed by atoms with E-state index >= 15 is 0 Å². The molecule has 0 saturated carbocycles. The van der Waals surface area contributed by atoms with Gasteiger partial charge in [-0.1, -0.05) is 0 Å². The number of carbonyl (C=O) groups excluding carboxylic acids is 1. The van der Waals surface area contributed by atoms with Crippen LogP contribution in [-0.4, -0.2) is 48.4 Å². The predicted molar refractivity (Wildman–Crippen MR) is 62.1 cm³/mol. The van der Waals surface area contributed by atoms with Crippen LogP contribution in [0.1, 0.15) is 26.2 Å². The van der Waals surface area contributed by atoms with E-state index in [0.717, 1.165) is 12.8 Å². The second-order valence-corrected chi connectivity index (χ2v) is 5.28. The first-order chi connectivity index (χ1) is 8.46. The monoisotopic (exact) mass is 257 g/mol. The van der Waals surface area contributed by atoms with Gasteiger partial charge in [-0.3, -0.25) is 4.79 Å². The van der Waals surface area contributed by atoms with Gasteiger partial charge >= 0.3 is 5.97 Å². The molecular weight excluding hydrogens is 238 g/mol. The van der Waals surface area contributed by atoms with Gasteiger partial charge in [-0.25, -0.2) is 4.79 Å². The molecule has 2 fully saturated rings. The number of nitrogens with one attached hydrogen (secondary N) is 1. The average molecular weight is 257 g/mol. The Kier molecular flexibility index (Phi) is 3.59. The van der Waals surface area contributed by atoms with E-state index in [9.17, 15) is 9.59 Å². The second kappa shape index (κ2) is 4.85. The number of carboxylic acid groups (broad SMARTS) is 1. The number of carbonyl (C=O) groups is 2. The van der Waals surface area contributed by atoms with E-state index in [2.05, 4.69) is 5.32 Å². The summed E-state index contributed by atoms with van der Waals surface area (Å²) in [6.07, 6.45) is 2.71. The fourth-order valence-corrected chi connectivity index (χ4v) is 2.72. The topological polar surface area (TPSA) is 84.9 Å². The first-order valence-electron chi connectivity index (χ1n) is 6.16. The highest BCUT2D eigenvalue weighted by Crippen LogP contribution is 2.38. The normalized spacial score (nSPS) is 33.1. The lowest BCUT2D eigenvalue weighted by atomic mass is 9.87. The molecular formula is C12H19NO5. The van der Waals surface area contributed by atoms with E-state index < -0.39 is 11.5 Å². The molecule has 2 bridgehead atoms. The number of fused-ring (bicyclic) bond motifs is 2. The van der Waals surface area contributed by atoms with Crippen LogP contribution in [0.4, 0.5) is 0 Å². The summed E-state index contributed by atoms with van der Waals surface area (Å²) in [6.45, 7) is 1.39. The first-order valence-corrected chi connectivity index (χ1v) is 6.16. The lowest BCUT2D eigenvalue weighted by molar-refractivity contribution is -0.150. The molecule has 18 heavy (non-hydrogen) atoms. The van der Waals surface area contributed by atoms with Crippen molar-refractivity contribution in [2.24, 2.45) is 5.92 Å². The van der Waals surface area contributed by atoms with Crippen molar-refractivity contribution >= 4 is 11.9 Å². The van der Waals surface area contributed by atoms with Crippen LogP contribution in [0.5, 0.6) is 0 Å². The highest BCUT2D eigenvalue weighted by molar-refractivity contribution is 5.88. The quantitative estimate of drug-likeness (QED) is 0.733. The molecule has 0 aliphatic carbocycles. The van der Waals surface area contributed by atoms with Crippen LogP contribution in [0.25, 0.3) is 0 Å². The maximum Gasteiger partial charge on any atom is 0.331 e. The molecule has 0 aromatic heterocycles. The standard InChI is InChI=1S/C12H19NO5/c1-12(6-17-2,11(15)16)13-10(14)8-5-7-3-4-9(8)18-7/h7-9H,3-6H2,1-2H3,(H,13,14)(H,15,16). The van der Waals surface area contributed by atoms with Crippen molar-refractivity contribution in [3.8, 4) is 0 Å². The van der Waals surface area contributed by atoms with Gasteiger partial charge in [0.15, 0.2) is 5.54 Å². The zero-order chi connectivity index (χ0) is 13.3. The summed E-state index contributed by atoms with van der Waals surface area (Å²) in [6, 6.07) is 0. The second-order valence-electron chi connectivity index (χ2n) is 5.28. The fraction of sp³-hybridized carbons (Fsp3) is 0.833. The lowest BCUT2D eigenvalue weighted by Gasteiger charge is -2.28. The van der Waals surface area contributed by atoms with Crippen molar-refractivity contribution < 1.29 is 24.2 Å². The molecule has 102 valence electrons. The minimum Gasteiger partial charge on any atom is -0.479 e. The summed E-state index contributed by atoms with van der Waals surface area (Å²) in [4.78, 5) is 23.3. The summed E-state index contributed by atoms with van der Waals surface area (Å²) in [5.41, 5.74) is -1.38. The molecule has 2 saturated heterocycles. The van der Waals surface area contributed by atoms with Crippen LogP contribution in [-0.2, 0) is 19.1 Å². The van der Waals surface area contributed by atoms with Crippen molar-refractivity contribution in [1.29, 1.82) is 0 Å². The van der Waals surface area contributed by atoms with E-state index in [-0.39, 0.29) is 30.6 Å². The summed E-state index contributed by atoms with van der Waals surface area (Å²) in [7, 11) is 1.41. The van der Waals surface area contributed by atoms with E-state index in [1.807, 2.05) is 0 Å². The molecule has 0 radical (unpaired) electrons. The minimum atomic E-state index is -1.38. The smallest absolute Gasteiger partial charge is 0.331 e. The number of carboxylic acids is 1. The van der Waals surface area contributed by atoms with Gasteiger partial charge in [-0.05, 0) is 26.2 Å². The van der Waals surface area contributed by atoms with Gasteiger partial charge < -0.3 is 19.9 Å². The van der Waals surface area contributed by atoms with Gasteiger partial charge in [0.25, 0.3) is 0 Å². The van der Waals surface area contributed by atoms with Crippen molar-refractivity contribution in [2.45, 2.75) is 43.9 Å². The van der Waals surface area contributed by atoms with Crippen molar-refractivity contribution in [2.75, 3.05) is 13.7 Å². The number of hydrogen-bond donors (Lipinski definition) is 2. The summed E-state index contributed by atoms with van der Waals surface area (Å²) >= 11 is 0. The molecule has 0 aromatic carbocycles. The van der Waals surface area contributed by atoms with Crippen LogP contribution >= 0.6 is 0 Å². The highest BCUT2D eigenvalue weighted by atomic mass is 16.5. The van der Waals surface area contributed by atoms with Gasteiger partial charge in [-0.2, -0.15) is 0 Å². The number of methoxy groups -OCH3 is 1. The maximum absolute atomic E-state index is 12.1.